The third-order valence-electron chi connectivity index (χ3n) is 6.38. The Kier molecular flexibility index (Phi) is 6.07. The number of para-hydroxylation sites is 1. The van der Waals surface area contributed by atoms with Crippen LogP contribution in [0.3, 0.4) is 0 Å². The van der Waals surface area contributed by atoms with Crippen LogP contribution >= 0.6 is 0 Å². The van der Waals surface area contributed by atoms with E-state index < -0.39 is 0 Å². The number of fused-ring (bicyclic) bond motifs is 3. The van der Waals surface area contributed by atoms with Crippen LogP contribution in [-0.2, 0) is 17.9 Å². The lowest BCUT2D eigenvalue weighted by molar-refractivity contribution is -0.121. The third kappa shape index (κ3) is 4.46. The van der Waals surface area contributed by atoms with E-state index >= 15 is 0 Å². The second-order valence-corrected chi connectivity index (χ2v) is 8.67. The van der Waals surface area contributed by atoms with Crippen LogP contribution in [-0.4, -0.2) is 26.6 Å². The Morgan fingerprint density at radius 1 is 1.03 bits per heavy atom. The summed E-state index contributed by atoms with van der Waals surface area (Å²) in [7, 11) is 0. The van der Waals surface area contributed by atoms with Gasteiger partial charge in [0.15, 0.2) is 0 Å². The van der Waals surface area contributed by atoms with Gasteiger partial charge in [-0.05, 0) is 43.7 Å². The molecule has 4 aromatic rings. The lowest BCUT2D eigenvalue weighted by Crippen LogP contribution is -2.30. The fourth-order valence-corrected chi connectivity index (χ4v) is 4.70. The Hall–Kier alpha value is -3.67. The van der Waals surface area contributed by atoms with E-state index in [9.17, 15) is 9.59 Å². The zero-order chi connectivity index (χ0) is 22.6. The minimum atomic E-state index is -0.139. The molecule has 0 atom stereocenters. The van der Waals surface area contributed by atoms with Gasteiger partial charge in [0.2, 0.25) is 5.91 Å². The Morgan fingerprint density at radius 3 is 2.67 bits per heavy atom. The van der Waals surface area contributed by atoms with E-state index in [1.54, 1.807) is 10.9 Å². The number of carbonyl (C=O) groups excluding carboxylic acids is 1. The van der Waals surface area contributed by atoms with E-state index in [0.717, 1.165) is 35.7 Å². The molecular weight excluding hydrogens is 412 g/mol. The van der Waals surface area contributed by atoms with Gasteiger partial charge in [0.1, 0.15) is 17.6 Å². The minimum absolute atomic E-state index is 0.0908. The molecule has 0 radical (unpaired) electrons. The van der Waals surface area contributed by atoms with Crippen LogP contribution in [0.25, 0.3) is 21.9 Å². The van der Waals surface area contributed by atoms with Gasteiger partial charge >= 0.3 is 0 Å². The Morgan fingerprint density at radius 2 is 1.85 bits per heavy atom. The monoisotopic (exact) mass is 440 g/mol. The van der Waals surface area contributed by atoms with Gasteiger partial charge in [0.05, 0.1) is 18.4 Å². The van der Waals surface area contributed by atoms with Gasteiger partial charge in [-0.2, -0.15) is 0 Å². The second kappa shape index (κ2) is 9.45. The van der Waals surface area contributed by atoms with Crippen LogP contribution in [0.4, 0.5) is 0 Å². The molecular formula is C27H28N4O2. The molecule has 0 saturated heterocycles. The zero-order valence-corrected chi connectivity index (χ0v) is 18.7. The Bertz CT molecular complexity index is 1380. The number of allylic oxidation sites excluding steroid dienone is 1. The molecule has 1 N–H and O–H groups in total. The maximum Gasteiger partial charge on any atom is 0.278 e. The van der Waals surface area contributed by atoms with Crippen molar-refractivity contribution in [2.24, 2.45) is 0 Å². The summed E-state index contributed by atoms with van der Waals surface area (Å²) < 4.78 is 3.43. The smallest absolute Gasteiger partial charge is 0.278 e. The molecule has 0 fully saturated rings. The summed E-state index contributed by atoms with van der Waals surface area (Å²) >= 11 is 0. The molecule has 0 aliphatic heterocycles. The first-order chi connectivity index (χ1) is 16.2. The van der Waals surface area contributed by atoms with E-state index in [4.69, 9.17) is 0 Å². The summed E-state index contributed by atoms with van der Waals surface area (Å²) in [4.78, 5) is 31.0. The van der Waals surface area contributed by atoms with Gasteiger partial charge in [-0.1, -0.05) is 60.2 Å². The van der Waals surface area contributed by atoms with Crippen molar-refractivity contribution in [3.63, 3.8) is 0 Å². The average molecular weight is 441 g/mol. The Labute approximate surface area is 192 Å². The summed E-state index contributed by atoms with van der Waals surface area (Å²) in [5.74, 6) is -0.0908. The highest BCUT2D eigenvalue weighted by Gasteiger charge is 2.18. The predicted molar refractivity (Wildman–Crippen MR) is 131 cm³/mol. The molecule has 0 unspecified atom stereocenters. The number of benzene rings is 2. The first-order valence-corrected chi connectivity index (χ1v) is 11.7. The summed E-state index contributed by atoms with van der Waals surface area (Å²) in [6.07, 6.45) is 9.59. The topological polar surface area (TPSA) is 68.9 Å². The van der Waals surface area contributed by atoms with Crippen LogP contribution in [0.5, 0.6) is 0 Å². The van der Waals surface area contributed by atoms with Crippen LogP contribution in [0.2, 0.25) is 0 Å². The van der Waals surface area contributed by atoms with Gasteiger partial charge in [-0.25, -0.2) is 4.98 Å². The quantitative estimate of drug-likeness (QED) is 0.433. The highest BCUT2D eigenvalue weighted by atomic mass is 16.2. The van der Waals surface area contributed by atoms with Crippen molar-refractivity contribution in [3.8, 4) is 0 Å². The van der Waals surface area contributed by atoms with Crippen molar-refractivity contribution in [1.82, 2.24) is 19.4 Å². The standard InChI is InChI=1S/C27H28N4O2/c32-24(28-16-15-20-9-3-1-4-10-20)18-31-23-14-8-7-13-22(23)25-26(31)27(33)30(19-29-25)17-21-11-5-2-6-12-21/h2,5-9,11-14,19H,1,3-4,10,15-18H2,(H,28,32). The van der Waals surface area contributed by atoms with Crippen molar-refractivity contribution < 1.29 is 4.79 Å². The minimum Gasteiger partial charge on any atom is -0.354 e. The van der Waals surface area contributed by atoms with Crippen LogP contribution < -0.4 is 10.9 Å². The molecule has 1 aliphatic rings. The highest BCUT2D eigenvalue weighted by Crippen LogP contribution is 2.25. The van der Waals surface area contributed by atoms with Crippen LogP contribution in [0, 0.1) is 0 Å². The number of amides is 1. The molecule has 0 bridgehead atoms. The van der Waals surface area contributed by atoms with Crippen LogP contribution in [0.1, 0.15) is 37.7 Å². The fourth-order valence-electron chi connectivity index (χ4n) is 4.70. The summed E-state index contributed by atoms with van der Waals surface area (Å²) in [5.41, 5.74) is 4.28. The maximum absolute atomic E-state index is 13.5. The molecule has 2 heterocycles. The first-order valence-electron chi connectivity index (χ1n) is 11.7. The molecule has 1 aliphatic carbocycles. The van der Waals surface area contributed by atoms with Crippen molar-refractivity contribution in [3.05, 3.63) is 88.5 Å². The third-order valence-corrected chi connectivity index (χ3v) is 6.38. The SMILES string of the molecule is O=C(Cn1c2ccccc2c2ncn(Cc3ccccc3)c(=O)c21)NCCC1=CCCCC1. The lowest BCUT2D eigenvalue weighted by atomic mass is 9.97. The van der Waals surface area contributed by atoms with E-state index in [1.807, 2.05) is 59.2 Å². The Balaban J connectivity index is 1.44. The molecule has 5 rings (SSSR count). The number of nitrogens with one attached hydrogen (secondary N) is 1. The largest absolute Gasteiger partial charge is 0.354 e. The number of aromatic nitrogens is 3. The first kappa shape index (κ1) is 21.2. The van der Waals surface area contributed by atoms with Gasteiger partial charge in [-0.15, -0.1) is 0 Å². The molecule has 168 valence electrons. The van der Waals surface area contributed by atoms with E-state index in [1.165, 1.54) is 18.4 Å². The van der Waals surface area contributed by atoms with Gasteiger partial charge in [0.25, 0.3) is 5.56 Å². The van der Waals surface area contributed by atoms with E-state index in [-0.39, 0.29) is 18.0 Å². The molecule has 0 saturated carbocycles. The van der Waals surface area contributed by atoms with Gasteiger partial charge in [-0.3, -0.25) is 14.2 Å². The van der Waals surface area contributed by atoms with Crippen LogP contribution in [0.15, 0.2) is 77.4 Å². The molecule has 33 heavy (non-hydrogen) atoms. The van der Waals surface area contributed by atoms with E-state index in [2.05, 4.69) is 16.4 Å². The molecule has 6 heteroatoms. The lowest BCUT2D eigenvalue weighted by Gasteiger charge is -2.13. The summed E-state index contributed by atoms with van der Waals surface area (Å²) in [6, 6.07) is 17.6. The zero-order valence-electron chi connectivity index (χ0n) is 18.7. The van der Waals surface area contributed by atoms with E-state index in [0.29, 0.717) is 24.1 Å². The number of rotatable bonds is 7. The van der Waals surface area contributed by atoms with Crippen molar-refractivity contribution >= 4 is 27.8 Å². The predicted octanol–water partition coefficient (Wildman–Crippen LogP) is 4.41. The highest BCUT2D eigenvalue weighted by molar-refractivity contribution is 6.06. The second-order valence-electron chi connectivity index (χ2n) is 8.67. The number of nitrogens with zero attached hydrogens (tertiary/aromatic N) is 3. The molecule has 6 nitrogen and oxygen atoms in total. The number of hydrogen-bond acceptors (Lipinski definition) is 3. The van der Waals surface area contributed by atoms with Crippen molar-refractivity contribution in [2.45, 2.75) is 45.2 Å². The molecule has 2 aromatic carbocycles. The van der Waals surface area contributed by atoms with Gasteiger partial charge < -0.3 is 9.88 Å². The normalized spacial score (nSPS) is 13.9. The summed E-state index contributed by atoms with van der Waals surface area (Å²) in [6.45, 7) is 1.15. The fraction of sp³-hybridized carbons (Fsp3) is 0.296. The summed E-state index contributed by atoms with van der Waals surface area (Å²) in [5, 5.41) is 3.93. The average Bonchev–Trinajstić information content (AvgIpc) is 3.16. The number of hydrogen-bond donors (Lipinski definition) is 1. The maximum atomic E-state index is 13.5. The van der Waals surface area contributed by atoms with Gasteiger partial charge in [0, 0.05) is 11.9 Å². The molecule has 0 spiro atoms. The number of carbonyl (C=O) groups is 1. The van der Waals surface area contributed by atoms with Crippen molar-refractivity contribution in [2.75, 3.05) is 6.54 Å². The van der Waals surface area contributed by atoms with Crippen molar-refractivity contribution in [1.29, 1.82) is 0 Å². The molecule has 2 aromatic heterocycles. The molecule has 1 amide bonds.